The molecule has 3 nitrogen and oxygen atoms in total. The predicted molar refractivity (Wildman–Crippen MR) is 93.4 cm³/mol. The Morgan fingerprint density at radius 3 is 2.65 bits per heavy atom. The molecular formula is C18H17ClO3S. The monoisotopic (exact) mass is 348 g/mol. The van der Waals surface area contributed by atoms with E-state index in [-0.39, 0.29) is 18.1 Å². The fraction of sp³-hybridized carbons (Fsp3) is 0.222. The second-order valence-electron chi connectivity index (χ2n) is 5.15. The van der Waals surface area contributed by atoms with Gasteiger partial charge < -0.3 is 4.74 Å². The van der Waals surface area contributed by atoms with Crippen LogP contribution in [0.2, 0.25) is 5.02 Å². The number of carbonyl (C=O) groups is 2. The molecule has 0 aliphatic rings. The van der Waals surface area contributed by atoms with E-state index >= 15 is 0 Å². The van der Waals surface area contributed by atoms with Gasteiger partial charge in [0.05, 0.1) is 5.75 Å². The van der Waals surface area contributed by atoms with Gasteiger partial charge in [0.1, 0.15) is 0 Å². The first kappa shape index (κ1) is 17.6. The lowest BCUT2D eigenvalue weighted by atomic mass is 10.1. The molecule has 0 heterocycles. The molecular weight excluding hydrogens is 332 g/mol. The van der Waals surface area contributed by atoms with E-state index in [1.54, 1.807) is 24.3 Å². The maximum atomic E-state index is 11.9. The van der Waals surface area contributed by atoms with Gasteiger partial charge in [-0.25, -0.2) is 0 Å². The third-order valence-electron chi connectivity index (χ3n) is 3.20. The molecule has 0 radical (unpaired) electrons. The summed E-state index contributed by atoms with van der Waals surface area (Å²) < 4.78 is 5.04. The number of esters is 1. The summed E-state index contributed by atoms with van der Waals surface area (Å²) in [5.41, 5.74) is 2.69. The number of halogens is 1. The number of thioether (sulfide) groups is 1. The lowest BCUT2D eigenvalue weighted by molar-refractivity contribution is -0.139. The van der Waals surface area contributed by atoms with E-state index in [2.05, 4.69) is 0 Å². The van der Waals surface area contributed by atoms with Crippen molar-refractivity contribution in [2.24, 2.45) is 0 Å². The lowest BCUT2D eigenvalue weighted by Gasteiger charge is -2.07. The number of ether oxygens (including phenoxy) is 1. The fourth-order valence-corrected chi connectivity index (χ4v) is 3.04. The highest BCUT2D eigenvalue weighted by atomic mass is 35.5. The molecule has 0 aliphatic carbocycles. The molecule has 0 spiro atoms. The van der Waals surface area contributed by atoms with E-state index < -0.39 is 5.97 Å². The van der Waals surface area contributed by atoms with Gasteiger partial charge in [-0.15, -0.1) is 11.8 Å². The van der Waals surface area contributed by atoms with Gasteiger partial charge in [-0.3, -0.25) is 9.59 Å². The molecule has 0 aromatic heterocycles. The highest BCUT2D eigenvalue weighted by molar-refractivity contribution is 8.00. The van der Waals surface area contributed by atoms with Crippen LogP contribution in [0.5, 0.6) is 0 Å². The van der Waals surface area contributed by atoms with Crippen molar-refractivity contribution in [3.8, 4) is 0 Å². The zero-order valence-corrected chi connectivity index (χ0v) is 14.5. The second-order valence-corrected chi connectivity index (χ2v) is 6.61. The number of carbonyl (C=O) groups excluding carboxylic acids is 2. The summed E-state index contributed by atoms with van der Waals surface area (Å²) in [7, 11) is 0. The Kier molecular flexibility index (Phi) is 6.25. The van der Waals surface area contributed by atoms with Gasteiger partial charge in [-0.1, -0.05) is 41.4 Å². The zero-order valence-electron chi connectivity index (χ0n) is 13.0. The molecule has 0 fully saturated rings. The number of hydrogen-bond donors (Lipinski definition) is 0. The minimum absolute atomic E-state index is 0.174. The molecule has 2 aromatic rings. The molecule has 0 unspecified atom stereocenters. The van der Waals surface area contributed by atoms with Gasteiger partial charge in [-0.05, 0) is 37.6 Å². The number of rotatable bonds is 6. The summed E-state index contributed by atoms with van der Waals surface area (Å²) in [5.74, 6) is -0.503. The van der Waals surface area contributed by atoms with E-state index in [9.17, 15) is 9.59 Å². The molecule has 0 bridgehead atoms. The van der Waals surface area contributed by atoms with Crippen molar-refractivity contribution < 1.29 is 14.3 Å². The third kappa shape index (κ3) is 5.41. The number of Topliss-reactive ketones (excluding diaryl/α,β-unsaturated/α-hetero) is 1. The van der Waals surface area contributed by atoms with Crippen LogP contribution in [0.3, 0.4) is 0 Å². The van der Waals surface area contributed by atoms with Crippen LogP contribution < -0.4 is 0 Å². The molecule has 0 atom stereocenters. The first-order valence-corrected chi connectivity index (χ1v) is 8.46. The smallest absolute Gasteiger partial charge is 0.316 e. The van der Waals surface area contributed by atoms with Crippen molar-refractivity contribution in [1.82, 2.24) is 0 Å². The average molecular weight is 349 g/mol. The van der Waals surface area contributed by atoms with E-state index in [0.717, 1.165) is 16.0 Å². The maximum absolute atomic E-state index is 11.9. The molecule has 23 heavy (non-hydrogen) atoms. The highest BCUT2D eigenvalue weighted by Gasteiger charge is 2.11. The van der Waals surface area contributed by atoms with Crippen LogP contribution in [0, 0.1) is 13.8 Å². The lowest BCUT2D eigenvalue weighted by Crippen LogP contribution is -2.15. The molecule has 2 aromatic carbocycles. The minimum Gasteiger partial charge on any atom is -0.457 e. The molecule has 0 saturated carbocycles. The summed E-state index contributed by atoms with van der Waals surface area (Å²) in [6.07, 6.45) is 0. The number of hydrogen-bond acceptors (Lipinski definition) is 4. The molecule has 0 aliphatic heterocycles. The van der Waals surface area contributed by atoms with E-state index in [0.29, 0.717) is 10.6 Å². The molecule has 2 rings (SSSR count). The van der Waals surface area contributed by atoms with Crippen LogP contribution in [0.4, 0.5) is 0 Å². The van der Waals surface area contributed by atoms with Crippen LogP contribution in [0.25, 0.3) is 0 Å². The van der Waals surface area contributed by atoms with Gasteiger partial charge in [0.15, 0.2) is 12.4 Å². The summed E-state index contributed by atoms with van der Waals surface area (Å²) in [5, 5.41) is 0.479. The van der Waals surface area contributed by atoms with E-state index in [1.165, 1.54) is 11.8 Å². The molecule has 0 N–H and O–H groups in total. The predicted octanol–water partition coefficient (Wildman–Crippen LogP) is 4.48. The second kappa shape index (κ2) is 8.18. The zero-order chi connectivity index (χ0) is 16.8. The van der Waals surface area contributed by atoms with Gasteiger partial charge in [0.25, 0.3) is 0 Å². The maximum Gasteiger partial charge on any atom is 0.316 e. The van der Waals surface area contributed by atoms with Crippen molar-refractivity contribution in [2.75, 3.05) is 12.4 Å². The van der Waals surface area contributed by atoms with Crippen molar-refractivity contribution in [3.05, 3.63) is 64.2 Å². The van der Waals surface area contributed by atoms with E-state index in [1.807, 2.05) is 32.0 Å². The van der Waals surface area contributed by atoms with Crippen LogP contribution in [-0.2, 0) is 9.53 Å². The molecule has 0 amide bonds. The highest BCUT2D eigenvalue weighted by Crippen LogP contribution is 2.23. The Balaban J connectivity index is 1.83. The van der Waals surface area contributed by atoms with Crippen LogP contribution >= 0.6 is 23.4 Å². The molecule has 120 valence electrons. The Labute approximate surface area is 145 Å². The summed E-state index contributed by atoms with van der Waals surface area (Å²) in [6, 6.07) is 12.7. The van der Waals surface area contributed by atoms with Crippen molar-refractivity contribution in [2.45, 2.75) is 18.7 Å². The summed E-state index contributed by atoms with van der Waals surface area (Å²) in [6.45, 7) is 3.73. The van der Waals surface area contributed by atoms with Crippen molar-refractivity contribution in [1.29, 1.82) is 0 Å². The first-order chi connectivity index (χ1) is 11.0. The average Bonchev–Trinajstić information content (AvgIpc) is 2.53. The number of aryl methyl sites for hydroxylation is 2. The first-order valence-electron chi connectivity index (χ1n) is 7.10. The van der Waals surface area contributed by atoms with Crippen molar-refractivity contribution >= 4 is 35.1 Å². The Bertz CT molecular complexity index is 728. The van der Waals surface area contributed by atoms with Gasteiger partial charge in [0, 0.05) is 15.5 Å². The third-order valence-corrected chi connectivity index (χ3v) is 4.57. The van der Waals surface area contributed by atoms with E-state index in [4.69, 9.17) is 16.3 Å². The van der Waals surface area contributed by atoms with Crippen LogP contribution in [-0.4, -0.2) is 24.1 Å². The number of ketones is 1. The van der Waals surface area contributed by atoms with Crippen molar-refractivity contribution in [3.63, 3.8) is 0 Å². The van der Waals surface area contributed by atoms with Crippen LogP contribution in [0.1, 0.15) is 21.5 Å². The quantitative estimate of drug-likeness (QED) is 0.438. The SMILES string of the molecule is Cc1ccc(C)c(SCC(=O)OCC(=O)c2cccc(Cl)c2)c1. The summed E-state index contributed by atoms with van der Waals surface area (Å²) >= 11 is 7.25. The Morgan fingerprint density at radius 2 is 1.91 bits per heavy atom. The molecule has 0 saturated heterocycles. The standard InChI is InChI=1S/C18H17ClO3S/c1-12-6-7-13(2)17(8-12)23-11-18(21)22-10-16(20)14-4-3-5-15(19)9-14/h3-9H,10-11H2,1-2H3. The normalized spacial score (nSPS) is 10.4. The number of benzene rings is 2. The van der Waals surface area contributed by atoms with Crippen LogP contribution in [0.15, 0.2) is 47.4 Å². The fourth-order valence-electron chi connectivity index (χ4n) is 1.93. The summed E-state index contributed by atoms with van der Waals surface area (Å²) in [4.78, 5) is 24.8. The largest absolute Gasteiger partial charge is 0.457 e. The topological polar surface area (TPSA) is 43.4 Å². The van der Waals surface area contributed by atoms with Gasteiger partial charge >= 0.3 is 5.97 Å². The Morgan fingerprint density at radius 1 is 1.13 bits per heavy atom. The molecule has 5 heteroatoms. The minimum atomic E-state index is -0.411. The van der Waals surface area contributed by atoms with Gasteiger partial charge in [0.2, 0.25) is 0 Å². The van der Waals surface area contributed by atoms with Gasteiger partial charge in [-0.2, -0.15) is 0 Å². The Hall–Kier alpha value is -1.78.